The Hall–Kier alpha value is -1.44. The van der Waals surface area contributed by atoms with E-state index in [0.717, 1.165) is 17.8 Å². The molecule has 114 valence electrons. The van der Waals surface area contributed by atoms with Crippen molar-refractivity contribution in [3.63, 3.8) is 0 Å². The molecule has 2 aromatic rings. The van der Waals surface area contributed by atoms with Gasteiger partial charge in [-0.3, -0.25) is 0 Å². The zero-order chi connectivity index (χ0) is 15.3. The minimum absolute atomic E-state index is 0.177. The molecule has 5 nitrogen and oxygen atoms in total. The lowest BCUT2D eigenvalue weighted by Crippen LogP contribution is -2.23. The smallest absolute Gasteiger partial charge is 0.242 e. The molecule has 0 spiro atoms. The molecule has 2 aromatic heterocycles. The molecule has 2 heterocycles. The van der Waals surface area contributed by atoms with Crippen molar-refractivity contribution in [2.75, 3.05) is 11.9 Å². The summed E-state index contributed by atoms with van der Waals surface area (Å²) in [4.78, 5) is 6.51. The fraction of sp³-hybridized carbons (Fsp3) is 0.357. The molecular formula is C14H19N3O2S2. The lowest BCUT2D eigenvalue weighted by atomic mass is 10.4. The van der Waals surface area contributed by atoms with Crippen LogP contribution < -0.4 is 10.0 Å². The van der Waals surface area contributed by atoms with E-state index in [0.29, 0.717) is 12.4 Å². The Morgan fingerprint density at radius 1 is 1.14 bits per heavy atom. The van der Waals surface area contributed by atoms with Crippen molar-refractivity contribution in [1.82, 2.24) is 9.71 Å². The van der Waals surface area contributed by atoms with Crippen LogP contribution in [-0.2, 0) is 23.0 Å². The van der Waals surface area contributed by atoms with Gasteiger partial charge in [0.15, 0.2) is 0 Å². The summed E-state index contributed by atoms with van der Waals surface area (Å²) in [7, 11) is -3.52. The van der Waals surface area contributed by atoms with Gasteiger partial charge in [0, 0.05) is 29.0 Å². The number of sulfonamides is 1. The largest absolute Gasteiger partial charge is 0.370 e. The molecule has 2 N–H and O–H groups in total. The minimum atomic E-state index is -3.52. The topological polar surface area (TPSA) is 71.1 Å². The summed E-state index contributed by atoms with van der Waals surface area (Å²) in [6.07, 6.45) is 2.33. The Bertz CT molecular complexity index is 678. The van der Waals surface area contributed by atoms with E-state index in [2.05, 4.69) is 21.9 Å². The molecule has 0 fully saturated rings. The summed E-state index contributed by atoms with van der Waals surface area (Å²) < 4.78 is 27.0. The molecular weight excluding hydrogens is 306 g/mol. The van der Waals surface area contributed by atoms with E-state index in [4.69, 9.17) is 0 Å². The first-order valence-electron chi connectivity index (χ1n) is 6.82. The van der Waals surface area contributed by atoms with Gasteiger partial charge in [0.25, 0.3) is 0 Å². The molecule has 2 rings (SSSR count). The number of thiophene rings is 1. The average molecular weight is 325 g/mol. The molecule has 0 aliphatic heterocycles. The first-order chi connectivity index (χ1) is 10.0. The third-order valence-corrected chi connectivity index (χ3v) is 5.52. The van der Waals surface area contributed by atoms with Crippen LogP contribution in [0, 0.1) is 0 Å². The number of rotatable bonds is 7. The minimum Gasteiger partial charge on any atom is -0.370 e. The maximum absolute atomic E-state index is 12.2. The highest BCUT2D eigenvalue weighted by atomic mass is 32.2. The standard InChI is InChI=1S/C14H19N3O2S2/c1-3-11-5-6-12(20-11)9-17-21(18,19)13-7-8-14(15-4-2)16-10-13/h5-8,10,17H,3-4,9H2,1-2H3,(H,15,16). The number of aromatic nitrogens is 1. The third kappa shape index (κ3) is 4.26. The van der Waals surface area contributed by atoms with Crippen molar-refractivity contribution in [2.24, 2.45) is 0 Å². The van der Waals surface area contributed by atoms with E-state index < -0.39 is 10.0 Å². The first kappa shape index (κ1) is 15.9. The van der Waals surface area contributed by atoms with Gasteiger partial charge in [-0.2, -0.15) is 0 Å². The zero-order valence-corrected chi connectivity index (χ0v) is 13.7. The lowest BCUT2D eigenvalue weighted by Gasteiger charge is -2.07. The van der Waals surface area contributed by atoms with Crippen LogP contribution in [0.1, 0.15) is 23.6 Å². The van der Waals surface area contributed by atoms with Gasteiger partial charge in [-0.1, -0.05) is 6.92 Å². The monoisotopic (exact) mass is 325 g/mol. The van der Waals surface area contributed by atoms with Gasteiger partial charge < -0.3 is 5.32 Å². The molecule has 0 aromatic carbocycles. The Morgan fingerprint density at radius 2 is 1.90 bits per heavy atom. The van der Waals surface area contributed by atoms with Crippen molar-refractivity contribution < 1.29 is 8.42 Å². The number of anilines is 1. The van der Waals surface area contributed by atoms with Crippen molar-refractivity contribution in [3.05, 3.63) is 40.2 Å². The van der Waals surface area contributed by atoms with Crippen LogP contribution in [0.15, 0.2) is 35.4 Å². The second-order valence-corrected chi connectivity index (χ2v) is 7.48. The predicted octanol–water partition coefficient (Wildman–Crippen LogP) is 2.62. The molecule has 0 aliphatic rings. The summed E-state index contributed by atoms with van der Waals surface area (Å²) in [5.74, 6) is 0.669. The van der Waals surface area contributed by atoms with Crippen LogP contribution in [0.3, 0.4) is 0 Å². The SMILES string of the molecule is CCNc1ccc(S(=O)(=O)NCc2ccc(CC)s2)cn1. The number of hydrogen-bond acceptors (Lipinski definition) is 5. The number of aryl methyl sites for hydroxylation is 1. The number of hydrogen-bond donors (Lipinski definition) is 2. The van der Waals surface area contributed by atoms with Crippen LogP contribution in [0.25, 0.3) is 0 Å². The summed E-state index contributed by atoms with van der Waals surface area (Å²) in [5.41, 5.74) is 0. The summed E-state index contributed by atoms with van der Waals surface area (Å²) in [6, 6.07) is 7.21. The third-order valence-electron chi connectivity index (χ3n) is 2.91. The van der Waals surface area contributed by atoms with E-state index in [1.807, 2.05) is 19.1 Å². The van der Waals surface area contributed by atoms with Gasteiger partial charge in [0.1, 0.15) is 10.7 Å². The van der Waals surface area contributed by atoms with Crippen LogP contribution in [0.4, 0.5) is 5.82 Å². The molecule has 0 radical (unpaired) electrons. The molecule has 0 unspecified atom stereocenters. The second-order valence-electron chi connectivity index (χ2n) is 4.46. The summed E-state index contributed by atoms with van der Waals surface area (Å²) in [6.45, 7) is 5.09. The van der Waals surface area contributed by atoms with E-state index in [1.54, 1.807) is 23.5 Å². The molecule has 7 heteroatoms. The molecule has 0 atom stereocenters. The van der Waals surface area contributed by atoms with Gasteiger partial charge in [-0.25, -0.2) is 18.1 Å². The van der Waals surface area contributed by atoms with E-state index in [9.17, 15) is 8.42 Å². The fourth-order valence-corrected chi connectivity index (χ4v) is 3.72. The first-order valence-corrected chi connectivity index (χ1v) is 9.12. The van der Waals surface area contributed by atoms with E-state index in [1.165, 1.54) is 11.1 Å². The fourth-order valence-electron chi connectivity index (χ4n) is 1.78. The van der Waals surface area contributed by atoms with Crippen LogP contribution in [-0.4, -0.2) is 19.9 Å². The van der Waals surface area contributed by atoms with Gasteiger partial charge in [-0.05, 0) is 37.6 Å². The molecule has 0 bridgehead atoms. The van der Waals surface area contributed by atoms with E-state index >= 15 is 0 Å². The quantitative estimate of drug-likeness (QED) is 0.821. The molecule has 0 aliphatic carbocycles. The predicted molar refractivity (Wildman–Crippen MR) is 86.1 cm³/mol. The van der Waals surface area contributed by atoms with Crippen molar-refractivity contribution in [3.8, 4) is 0 Å². The van der Waals surface area contributed by atoms with Crippen molar-refractivity contribution in [1.29, 1.82) is 0 Å². The Balaban J connectivity index is 2.03. The zero-order valence-electron chi connectivity index (χ0n) is 12.1. The highest BCUT2D eigenvalue weighted by molar-refractivity contribution is 7.89. The molecule has 21 heavy (non-hydrogen) atoms. The molecule has 0 amide bonds. The maximum Gasteiger partial charge on any atom is 0.242 e. The van der Waals surface area contributed by atoms with Crippen molar-refractivity contribution >= 4 is 27.2 Å². The van der Waals surface area contributed by atoms with Crippen molar-refractivity contribution in [2.45, 2.75) is 31.7 Å². The van der Waals surface area contributed by atoms with Gasteiger partial charge in [0.2, 0.25) is 10.0 Å². The number of nitrogens with zero attached hydrogens (tertiary/aromatic N) is 1. The normalized spacial score (nSPS) is 11.5. The number of nitrogens with one attached hydrogen (secondary N) is 2. The van der Waals surface area contributed by atoms with Gasteiger partial charge in [-0.15, -0.1) is 11.3 Å². The molecule has 0 saturated heterocycles. The average Bonchev–Trinajstić information content (AvgIpc) is 2.94. The van der Waals surface area contributed by atoms with E-state index in [-0.39, 0.29) is 4.90 Å². The summed E-state index contributed by atoms with van der Waals surface area (Å²) in [5, 5.41) is 3.03. The van der Waals surface area contributed by atoms with Gasteiger partial charge >= 0.3 is 0 Å². The summed E-state index contributed by atoms with van der Waals surface area (Å²) >= 11 is 1.63. The van der Waals surface area contributed by atoms with Crippen LogP contribution in [0.5, 0.6) is 0 Å². The number of pyridine rings is 1. The second kappa shape index (κ2) is 7.02. The Labute approximate surface area is 129 Å². The highest BCUT2D eigenvalue weighted by Gasteiger charge is 2.14. The Morgan fingerprint density at radius 3 is 2.48 bits per heavy atom. The highest BCUT2D eigenvalue weighted by Crippen LogP contribution is 2.18. The van der Waals surface area contributed by atoms with Crippen LogP contribution in [0.2, 0.25) is 0 Å². The lowest BCUT2D eigenvalue weighted by molar-refractivity contribution is 0.581. The maximum atomic E-state index is 12.2. The Kier molecular flexibility index (Phi) is 5.33. The van der Waals surface area contributed by atoms with Gasteiger partial charge in [0.05, 0.1) is 0 Å². The molecule has 0 saturated carbocycles. The van der Waals surface area contributed by atoms with Crippen LogP contribution >= 0.6 is 11.3 Å².